The van der Waals surface area contributed by atoms with Crippen molar-refractivity contribution in [1.29, 1.82) is 0 Å². The number of para-hydroxylation sites is 2. The zero-order valence-electron chi connectivity index (χ0n) is 17.9. The maximum Gasteiger partial charge on any atom is 0.233 e. The van der Waals surface area contributed by atoms with Crippen LogP contribution in [-0.2, 0) is 11.3 Å². The first-order chi connectivity index (χ1) is 14.5. The summed E-state index contributed by atoms with van der Waals surface area (Å²) >= 11 is 1.49. The molecule has 0 fully saturated rings. The lowest BCUT2D eigenvalue weighted by atomic mass is 10.1. The van der Waals surface area contributed by atoms with Gasteiger partial charge in [0.2, 0.25) is 5.91 Å². The Morgan fingerprint density at radius 1 is 1.10 bits per heavy atom. The van der Waals surface area contributed by atoms with Gasteiger partial charge in [0, 0.05) is 6.54 Å². The normalized spacial score (nSPS) is 13.3. The van der Waals surface area contributed by atoms with E-state index in [2.05, 4.69) is 22.9 Å². The summed E-state index contributed by atoms with van der Waals surface area (Å²) in [6.45, 7) is 6.92. The van der Waals surface area contributed by atoms with E-state index in [1.165, 1.54) is 43.2 Å². The lowest BCUT2D eigenvalue weighted by Gasteiger charge is -2.18. The lowest BCUT2D eigenvalue weighted by Crippen LogP contribution is -2.33. The Morgan fingerprint density at radius 2 is 1.83 bits per heavy atom. The van der Waals surface area contributed by atoms with Crippen LogP contribution in [0.2, 0.25) is 0 Å². The molecule has 0 spiro atoms. The molecular formula is C24H30FN3OS. The molecule has 1 N–H and O–H groups in total. The highest BCUT2D eigenvalue weighted by Crippen LogP contribution is 2.28. The van der Waals surface area contributed by atoms with Gasteiger partial charge in [-0.15, -0.1) is 0 Å². The van der Waals surface area contributed by atoms with E-state index in [0.717, 1.165) is 34.7 Å². The molecule has 0 radical (unpaired) electrons. The maximum atomic E-state index is 13.1. The van der Waals surface area contributed by atoms with E-state index in [-0.39, 0.29) is 23.0 Å². The van der Waals surface area contributed by atoms with Crippen molar-refractivity contribution in [1.82, 2.24) is 14.9 Å². The number of hydrogen-bond acceptors (Lipinski definition) is 3. The summed E-state index contributed by atoms with van der Waals surface area (Å²) in [7, 11) is 0. The van der Waals surface area contributed by atoms with Crippen LogP contribution in [0.15, 0.2) is 53.7 Å². The molecule has 2 atom stereocenters. The second-order valence-electron chi connectivity index (χ2n) is 7.64. The molecule has 1 heterocycles. The maximum absolute atomic E-state index is 13.1. The van der Waals surface area contributed by atoms with Crippen molar-refractivity contribution in [2.45, 2.75) is 69.4 Å². The predicted molar refractivity (Wildman–Crippen MR) is 122 cm³/mol. The van der Waals surface area contributed by atoms with Crippen molar-refractivity contribution in [3.05, 3.63) is 59.9 Å². The Morgan fingerprint density at radius 3 is 2.57 bits per heavy atom. The number of aromatic nitrogens is 2. The number of rotatable bonds is 10. The number of hydrogen-bond donors (Lipinski definition) is 1. The van der Waals surface area contributed by atoms with E-state index in [1.807, 2.05) is 32.0 Å². The summed E-state index contributed by atoms with van der Waals surface area (Å²) in [6, 6.07) is 14.2. The smallest absolute Gasteiger partial charge is 0.233 e. The SMILES string of the molecule is CCCCCCn1c(S[C@@H](C)C(=O)N[C@H](C)c2ccc(F)cc2)nc2ccccc21. The monoisotopic (exact) mass is 427 g/mol. The highest BCUT2D eigenvalue weighted by molar-refractivity contribution is 8.00. The van der Waals surface area contributed by atoms with Crippen molar-refractivity contribution in [2.24, 2.45) is 0 Å². The van der Waals surface area contributed by atoms with Gasteiger partial charge in [-0.25, -0.2) is 9.37 Å². The summed E-state index contributed by atoms with van der Waals surface area (Å²) in [6.07, 6.45) is 4.73. The highest BCUT2D eigenvalue weighted by atomic mass is 32.2. The van der Waals surface area contributed by atoms with Gasteiger partial charge in [0.25, 0.3) is 0 Å². The first kappa shape index (κ1) is 22.3. The van der Waals surface area contributed by atoms with E-state index in [4.69, 9.17) is 4.98 Å². The number of thioether (sulfide) groups is 1. The number of fused-ring (bicyclic) bond motifs is 1. The summed E-state index contributed by atoms with van der Waals surface area (Å²) in [5.74, 6) is -0.333. The van der Waals surface area contributed by atoms with Gasteiger partial charge in [0.1, 0.15) is 5.82 Å². The van der Waals surface area contributed by atoms with Gasteiger partial charge in [0.05, 0.1) is 22.3 Å². The van der Waals surface area contributed by atoms with Crippen LogP contribution < -0.4 is 5.32 Å². The molecule has 0 aliphatic rings. The lowest BCUT2D eigenvalue weighted by molar-refractivity contribution is -0.120. The Labute approximate surface area is 182 Å². The molecule has 4 nitrogen and oxygen atoms in total. The van der Waals surface area contributed by atoms with E-state index in [9.17, 15) is 9.18 Å². The summed E-state index contributed by atoms with van der Waals surface area (Å²) in [4.78, 5) is 17.6. The summed E-state index contributed by atoms with van der Waals surface area (Å²) in [5.41, 5.74) is 2.96. The van der Waals surface area contributed by atoms with Crippen molar-refractivity contribution in [2.75, 3.05) is 0 Å². The molecule has 1 amide bonds. The van der Waals surface area contributed by atoms with Crippen LogP contribution in [0.3, 0.4) is 0 Å². The predicted octanol–water partition coefficient (Wildman–Crippen LogP) is 6.11. The Balaban J connectivity index is 1.69. The third-order valence-corrected chi connectivity index (χ3v) is 6.33. The van der Waals surface area contributed by atoms with Crippen LogP contribution in [0.4, 0.5) is 4.39 Å². The fraction of sp³-hybridized carbons (Fsp3) is 0.417. The minimum atomic E-state index is -0.292. The Bertz CT molecular complexity index is 970. The quantitative estimate of drug-likeness (QED) is 0.313. The van der Waals surface area contributed by atoms with E-state index in [0.29, 0.717) is 0 Å². The summed E-state index contributed by atoms with van der Waals surface area (Å²) < 4.78 is 15.4. The van der Waals surface area contributed by atoms with Gasteiger partial charge in [-0.1, -0.05) is 62.2 Å². The number of nitrogens with one attached hydrogen (secondary N) is 1. The van der Waals surface area contributed by atoms with E-state index in [1.54, 1.807) is 12.1 Å². The summed E-state index contributed by atoms with van der Waals surface area (Å²) in [5, 5.41) is 3.62. The molecule has 0 saturated heterocycles. The van der Waals surface area contributed by atoms with Crippen LogP contribution in [-0.4, -0.2) is 20.7 Å². The molecule has 2 aromatic carbocycles. The molecule has 3 aromatic rings. The number of imidazole rings is 1. The number of benzene rings is 2. The molecule has 0 saturated carbocycles. The third-order valence-electron chi connectivity index (χ3n) is 5.23. The van der Waals surface area contributed by atoms with Gasteiger partial charge >= 0.3 is 0 Å². The molecule has 160 valence electrons. The molecule has 1 aromatic heterocycles. The number of amides is 1. The number of carbonyl (C=O) groups excluding carboxylic acids is 1. The van der Waals surface area contributed by atoms with E-state index >= 15 is 0 Å². The van der Waals surface area contributed by atoms with Gasteiger partial charge in [0.15, 0.2) is 5.16 Å². The standard InChI is InChI=1S/C24H30FN3OS/c1-4-5-6-9-16-28-22-11-8-7-10-21(22)27-24(28)30-18(3)23(29)26-17(2)19-12-14-20(25)15-13-19/h7-8,10-15,17-18H,4-6,9,16H2,1-3H3,(H,26,29)/t17-,18+/m1/s1. The largest absolute Gasteiger partial charge is 0.349 e. The van der Waals surface area contributed by atoms with Crippen LogP contribution in [0.5, 0.6) is 0 Å². The minimum absolute atomic E-state index is 0.0542. The van der Waals surface area contributed by atoms with Crippen molar-refractivity contribution < 1.29 is 9.18 Å². The van der Waals surface area contributed by atoms with Crippen LogP contribution >= 0.6 is 11.8 Å². The second-order valence-corrected chi connectivity index (χ2v) is 8.95. The molecule has 30 heavy (non-hydrogen) atoms. The highest BCUT2D eigenvalue weighted by Gasteiger charge is 2.21. The minimum Gasteiger partial charge on any atom is -0.349 e. The third kappa shape index (κ3) is 5.63. The van der Waals surface area contributed by atoms with Gasteiger partial charge in [-0.05, 0) is 50.1 Å². The first-order valence-electron chi connectivity index (χ1n) is 10.7. The molecule has 0 unspecified atom stereocenters. The number of carbonyl (C=O) groups is 1. The van der Waals surface area contributed by atoms with Crippen LogP contribution in [0.1, 0.15) is 58.1 Å². The zero-order chi connectivity index (χ0) is 21.5. The van der Waals surface area contributed by atoms with Crippen molar-refractivity contribution in [3.8, 4) is 0 Å². The van der Waals surface area contributed by atoms with Crippen LogP contribution in [0.25, 0.3) is 11.0 Å². The molecule has 0 aliphatic heterocycles. The number of aryl methyl sites for hydroxylation is 1. The number of nitrogens with zero attached hydrogens (tertiary/aromatic N) is 2. The first-order valence-corrected chi connectivity index (χ1v) is 11.5. The van der Waals surface area contributed by atoms with Gasteiger partial charge in [-0.3, -0.25) is 4.79 Å². The van der Waals surface area contributed by atoms with E-state index < -0.39 is 0 Å². The molecular weight excluding hydrogens is 397 g/mol. The zero-order valence-corrected chi connectivity index (χ0v) is 18.7. The fourth-order valence-electron chi connectivity index (χ4n) is 3.43. The molecule has 0 bridgehead atoms. The number of unbranched alkanes of at least 4 members (excludes halogenated alkanes) is 3. The fourth-order valence-corrected chi connectivity index (χ4v) is 4.39. The Kier molecular flexibility index (Phi) is 7.91. The number of halogens is 1. The second kappa shape index (κ2) is 10.6. The molecule has 0 aliphatic carbocycles. The average Bonchev–Trinajstić information content (AvgIpc) is 3.08. The van der Waals surface area contributed by atoms with Crippen molar-refractivity contribution in [3.63, 3.8) is 0 Å². The van der Waals surface area contributed by atoms with Crippen molar-refractivity contribution >= 4 is 28.7 Å². The van der Waals surface area contributed by atoms with Gasteiger partial charge < -0.3 is 9.88 Å². The average molecular weight is 428 g/mol. The topological polar surface area (TPSA) is 46.9 Å². The Hall–Kier alpha value is -2.34. The molecule has 6 heteroatoms. The molecule has 3 rings (SSSR count). The van der Waals surface area contributed by atoms with Crippen LogP contribution in [0, 0.1) is 5.82 Å². The van der Waals surface area contributed by atoms with Gasteiger partial charge in [-0.2, -0.15) is 0 Å².